The summed E-state index contributed by atoms with van der Waals surface area (Å²) in [5.41, 5.74) is 2.38. The molecule has 0 radical (unpaired) electrons. The molecule has 1 amide bonds. The maximum Gasteiger partial charge on any atom is 0.280 e. The van der Waals surface area contributed by atoms with Gasteiger partial charge in [0.2, 0.25) is 10.0 Å². The predicted octanol–water partition coefficient (Wildman–Crippen LogP) is 3.51. The summed E-state index contributed by atoms with van der Waals surface area (Å²) in [6.07, 6.45) is 7.81. The fourth-order valence-electron chi connectivity index (χ4n) is 3.77. The van der Waals surface area contributed by atoms with Gasteiger partial charge in [0.1, 0.15) is 0 Å². The van der Waals surface area contributed by atoms with Crippen molar-refractivity contribution in [1.82, 2.24) is 24.9 Å². The first kappa shape index (κ1) is 24.6. The van der Waals surface area contributed by atoms with Gasteiger partial charge in [-0.05, 0) is 37.1 Å². The monoisotopic (exact) mass is 546 g/mol. The number of carbonyl (C=O) groups excluding carboxylic acids is 1. The van der Waals surface area contributed by atoms with Crippen LogP contribution in [-0.4, -0.2) is 50.9 Å². The first-order valence-corrected chi connectivity index (χ1v) is 14.0. The molecule has 1 aliphatic rings. The summed E-state index contributed by atoms with van der Waals surface area (Å²) >= 11 is 7.34. The standard InChI is InChI=1S/C23H23ClN6O4S2/c1-13(12-31)21(18-9-15(4-6-25-18)29-36(33,34)16-2-3-16)28-22(32)23-26-11-20(35-23)17-10-27-30-7-5-14(24)8-19(17)30/h4-11,13,16,21,31H,2-3,12H2,1H3,(H,25,29)(H,28,32)/t13-,21-/m1/s1. The number of rotatable bonds is 9. The molecule has 0 spiro atoms. The number of carbonyl (C=O) groups is 1. The van der Waals surface area contributed by atoms with Crippen LogP contribution < -0.4 is 10.0 Å². The van der Waals surface area contributed by atoms with E-state index in [0.717, 1.165) is 16.0 Å². The fraction of sp³-hybridized carbons (Fsp3) is 0.304. The van der Waals surface area contributed by atoms with Crippen LogP contribution in [0, 0.1) is 5.92 Å². The normalized spacial score (nSPS) is 15.5. The molecule has 0 saturated heterocycles. The molecule has 10 nitrogen and oxygen atoms in total. The molecule has 36 heavy (non-hydrogen) atoms. The van der Waals surface area contributed by atoms with Crippen molar-refractivity contribution in [3.63, 3.8) is 0 Å². The lowest BCUT2D eigenvalue weighted by Gasteiger charge is -2.23. The van der Waals surface area contributed by atoms with E-state index in [4.69, 9.17) is 11.6 Å². The average molecular weight is 547 g/mol. The highest BCUT2D eigenvalue weighted by atomic mass is 35.5. The van der Waals surface area contributed by atoms with E-state index in [2.05, 4.69) is 25.1 Å². The fourth-order valence-corrected chi connectivity index (χ4v) is 6.15. The van der Waals surface area contributed by atoms with Gasteiger partial charge in [-0.15, -0.1) is 11.3 Å². The van der Waals surface area contributed by atoms with Crippen molar-refractivity contribution in [3.8, 4) is 10.4 Å². The number of halogens is 1. The number of hydrogen-bond acceptors (Lipinski definition) is 8. The second kappa shape index (κ2) is 9.77. The minimum atomic E-state index is -3.45. The van der Waals surface area contributed by atoms with Crippen LogP contribution in [0.5, 0.6) is 0 Å². The summed E-state index contributed by atoms with van der Waals surface area (Å²) in [5, 5.41) is 17.5. The van der Waals surface area contributed by atoms with Crippen molar-refractivity contribution < 1.29 is 18.3 Å². The third kappa shape index (κ3) is 5.07. The number of aliphatic hydroxyl groups is 1. The van der Waals surface area contributed by atoms with E-state index in [-0.39, 0.29) is 16.9 Å². The highest BCUT2D eigenvalue weighted by molar-refractivity contribution is 7.93. The van der Waals surface area contributed by atoms with Gasteiger partial charge in [0.25, 0.3) is 5.91 Å². The smallest absolute Gasteiger partial charge is 0.280 e. The second-order valence-corrected chi connectivity index (χ2v) is 12.1. The second-order valence-electron chi connectivity index (χ2n) is 8.69. The summed E-state index contributed by atoms with van der Waals surface area (Å²) in [6.45, 7) is 1.56. The summed E-state index contributed by atoms with van der Waals surface area (Å²) < 4.78 is 28.9. The summed E-state index contributed by atoms with van der Waals surface area (Å²) in [4.78, 5) is 22.5. The van der Waals surface area contributed by atoms with Gasteiger partial charge in [-0.2, -0.15) is 5.10 Å². The Kier molecular flexibility index (Phi) is 6.68. The Morgan fingerprint density at radius 3 is 2.83 bits per heavy atom. The minimum absolute atomic E-state index is 0.211. The Bertz CT molecular complexity index is 1530. The molecule has 1 aliphatic carbocycles. The number of aliphatic hydroxyl groups excluding tert-OH is 1. The number of thiazole rings is 1. The summed E-state index contributed by atoms with van der Waals surface area (Å²) in [5.74, 6) is -0.824. The highest BCUT2D eigenvalue weighted by Crippen LogP contribution is 2.32. The summed E-state index contributed by atoms with van der Waals surface area (Å²) in [6, 6.07) is 5.99. The first-order chi connectivity index (χ1) is 17.2. The van der Waals surface area contributed by atoms with Gasteiger partial charge in [0.15, 0.2) is 5.01 Å². The molecule has 4 aromatic rings. The number of fused-ring (bicyclic) bond motifs is 1. The van der Waals surface area contributed by atoms with Gasteiger partial charge >= 0.3 is 0 Å². The van der Waals surface area contributed by atoms with Crippen molar-refractivity contribution >= 4 is 50.1 Å². The van der Waals surface area contributed by atoms with Crippen molar-refractivity contribution in [3.05, 3.63) is 64.8 Å². The van der Waals surface area contributed by atoms with Crippen LogP contribution >= 0.6 is 22.9 Å². The number of hydrogen-bond donors (Lipinski definition) is 3. The molecule has 3 N–H and O–H groups in total. The van der Waals surface area contributed by atoms with Gasteiger partial charge in [0, 0.05) is 41.7 Å². The van der Waals surface area contributed by atoms with Gasteiger partial charge in [-0.25, -0.2) is 17.9 Å². The van der Waals surface area contributed by atoms with Crippen LogP contribution in [0.4, 0.5) is 5.69 Å². The topological polar surface area (TPSA) is 139 Å². The lowest BCUT2D eigenvalue weighted by molar-refractivity contribution is 0.0906. The number of sulfonamides is 1. The number of amides is 1. The van der Waals surface area contributed by atoms with Crippen LogP contribution in [0.25, 0.3) is 16.0 Å². The zero-order valence-electron chi connectivity index (χ0n) is 19.1. The number of nitrogens with zero attached hydrogens (tertiary/aromatic N) is 4. The van der Waals surface area contributed by atoms with E-state index in [1.54, 1.807) is 54.3 Å². The van der Waals surface area contributed by atoms with Crippen LogP contribution in [0.2, 0.25) is 5.02 Å². The van der Waals surface area contributed by atoms with Crippen molar-refractivity contribution in [2.24, 2.45) is 5.92 Å². The molecule has 2 atom stereocenters. The molecule has 1 fully saturated rings. The Balaban J connectivity index is 1.38. The van der Waals surface area contributed by atoms with E-state index >= 15 is 0 Å². The first-order valence-electron chi connectivity index (χ1n) is 11.2. The molecule has 5 rings (SSSR count). The largest absolute Gasteiger partial charge is 0.396 e. The molecule has 0 unspecified atom stereocenters. The molecule has 0 bridgehead atoms. The highest BCUT2D eigenvalue weighted by Gasteiger charge is 2.36. The Labute approximate surface area is 216 Å². The van der Waals surface area contributed by atoms with Gasteiger partial charge in [-0.3, -0.25) is 14.5 Å². The van der Waals surface area contributed by atoms with E-state index in [9.17, 15) is 18.3 Å². The lowest BCUT2D eigenvalue weighted by atomic mass is 9.99. The SMILES string of the molecule is C[C@H](CO)[C@@H](NC(=O)c1ncc(-c2cnn3ccc(Cl)cc23)s1)c1cc(NS(=O)(=O)C2CC2)ccn1. The number of pyridine rings is 2. The Hall–Kier alpha value is -3.06. The molecule has 1 saturated carbocycles. The van der Waals surface area contributed by atoms with E-state index in [1.807, 2.05) is 0 Å². The Morgan fingerprint density at radius 2 is 2.08 bits per heavy atom. The zero-order chi connectivity index (χ0) is 25.4. The number of anilines is 1. The molecule has 4 heterocycles. The number of aromatic nitrogens is 4. The summed E-state index contributed by atoms with van der Waals surface area (Å²) in [7, 11) is -3.45. The quantitative estimate of drug-likeness (QED) is 0.292. The van der Waals surface area contributed by atoms with Crippen molar-refractivity contribution in [2.45, 2.75) is 31.1 Å². The average Bonchev–Trinajstić information content (AvgIpc) is 3.48. The van der Waals surface area contributed by atoms with Gasteiger partial charge in [-0.1, -0.05) is 18.5 Å². The third-order valence-electron chi connectivity index (χ3n) is 5.92. The Morgan fingerprint density at radius 1 is 1.28 bits per heavy atom. The third-order valence-corrected chi connectivity index (χ3v) is 9.05. The molecular formula is C23H23ClN6O4S2. The minimum Gasteiger partial charge on any atom is -0.396 e. The van der Waals surface area contributed by atoms with Crippen molar-refractivity contribution in [2.75, 3.05) is 11.3 Å². The van der Waals surface area contributed by atoms with Gasteiger partial charge < -0.3 is 10.4 Å². The van der Waals surface area contributed by atoms with Crippen LogP contribution in [0.3, 0.4) is 0 Å². The predicted molar refractivity (Wildman–Crippen MR) is 138 cm³/mol. The molecule has 188 valence electrons. The van der Waals surface area contributed by atoms with Crippen LogP contribution in [-0.2, 0) is 10.0 Å². The van der Waals surface area contributed by atoms with E-state index in [0.29, 0.717) is 29.2 Å². The molecule has 13 heteroatoms. The molecule has 0 aliphatic heterocycles. The molecule has 0 aromatic carbocycles. The molecule has 4 aromatic heterocycles. The number of nitrogens with one attached hydrogen (secondary N) is 2. The maximum absolute atomic E-state index is 13.1. The molecular weight excluding hydrogens is 524 g/mol. The van der Waals surface area contributed by atoms with E-state index in [1.165, 1.54) is 17.5 Å². The van der Waals surface area contributed by atoms with Crippen LogP contribution in [0.15, 0.2) is 49.1 Å². The van der Waals surface area contributed by atoms with Gasteiger partial charge in [0.05, 0.1) is 39.3 Å². The van der Waals surface area contributed by atoms with Crippen molar-refractivity contribution in [1.29, 1.82) is 0 Å². The van der Waals surface area contributed by atoms with E-state index < -0.39 is 27.9 Å². The maximum atomic E-state index is 13.1. The lowest BCUT2D eigenvalue weighted by Crippen LogP contribution is -2.34. The zero-order valence-corrected chi connectivity index (χ0v) is 21.5. The van der Waals surface area contributed by atoms with Crippen LogP contribution in [0.1, 0.15) is 41.3 Å².